The molecule has 0 aromatic rings. The first-order valence-electron chi connectivity index (χ1n) is 3.89. The minimum absolute atomic E-state index is 0.212. The average Bonchev–Trinajstić information content (AvgIpc) is 2.27. The Morgan fingerprint density at radius 2 is 2.30 bits per heavy atom. The molecule has 56 valence electrons. The number of fused-ring (bicyclic) bond motifs is 1. The highest BCUT2D eigenvalue weighted by atomic mass is 16.2. The van der Waals surface area contributed by atoms with Gasteiger partial charge in [-0.15, -0.1) is 0 Å². The van der Waals surface area contributed by atoms with Crippen LogP contribution in [0.25, 0.3) is 0 Å². The highest BCUT2D eigenvalue weighted by Gasteiger charge is 2.33. The largest absolute Gasteiger partial charge is 0.352 e. The first-order chi connectivity index (χ1) is 4.86. The first kappa shape index (κ1) is 6.16. The van der Waals surface area contributed by atoms with E-state index < -0.39 is 0 Å². The fraction of sp³-hybridized carbons (Fsp3) is 0.857. The predicted octanol–water partition coefficient (Wildman–Crippen LogP) is -0.373. The molecule has 0 unspecified atom stereocenters. The van der Waals surface area contributed by atoms with Gasteiger partial charge in [-0.2, -0.15) is 0 Å². The average molecular weight is 140 g/mol. The lowest BCUT2D eigenvalue weighted by molar-refractivity contribution is -0.119. The molecule has 2 aliphatic heterocycles. The molecule has 0 aromatic heterocycles. The van der Waals surface area contributed by atoms with Gasteiger partial charge in [-0.25, -0.2) is 0 Å². The van der Waals surface area contributed by atoms with Crippen LogP contribution in [0.4, 0.5) is 0 Å². The number of rotatable bonds is 0. The summed E-state index contributed by atoms with van der Waals surface area (Å²) in [5, 5.41) is 6.28. The fourth-order valence-corrected chi connectivity index (χ4v) is 1.81. The minimum Gasteiger partial charge on any atom is -0.352 e. The SMILES string of the molecule is O=C1C[C@H]2NCCC[C@H]2N1. The summed E-state index contributed by atoms with van der Waals surface area (Å²) in [7, 11) is 0. The topological polar surface area (TPSA) is 41.1 Å². The van der Waals surface area contributed by atoms with E-state index in [0.29, 0.717) is 18.5 Å². The molecule has 2 heterocycles. The molecule has 1 amide bonds. The molecule has 3 heteroatoms. The van der Waals surface area contributed by atoms with Crippen molar-refractivity contribution in [3.8, 4) is 0 Å². The normalized spacial score (nSPS) is 39.0. The summed E-state index contributed by atoms with van der Waals surface area (Å²) in [4.78, 5) is 10.9. The highest BCUT2D eigenvalue weighted by molar-refractivity contribution is 5.79. The lowest BCUT2D eigenvalue weighted by Gasteiger charge is -2.25. The second-order valence-corrected chi connectivity index (χ2v) is 3.08. The second kappa shape index (κ2) is 2.23. The molecule has 2 aliphatic rings. The van der Waals surface area contributed by atoms with E-state index in [-0.39, 0.29) is 5.91 Å². The van der Waals surface area contributed by atoms with Crippen LogP contribution < -0.4 is 10.6 Å². The molecular weight excluding hydrogens is 128 g/mol. The maximum absolute atomic E-state index is 10.9. The van der Waals surface area contributed by atoms with Crippen molar-refractivity contribution in [3.05, 3.63) is 0 Å². The van der Waals surface area contributed by atoms with E-state index >= 15 is 0 Å². The monoisotopic (exact) mass is 140 g/mol. The van der Waals surface area contributed by atoms with Gasteiger partial charge in [-0.3, -0.25) is 4.79 Å². The molecule has 2 atom stereocenters. The van der Waals surface area contributed by atoms with Gasteiger partial charge in [0.05, 0.1) is 0 Å². The zero-order valence-corrected chi connectivity index (χ0v) is 5.89. The molecule has 0 aliphatic carbocycles. The van der Waals surface area contributed by atoms with Crippen LogP contribution in [0.3, 0.4) is 0 Å². The number of hydrogen-bond donors (Lipinski definition) is 2. The van der Waals surface area contributed by atoms with E-state index in [4.69, 9.17) is 0 Å². The van der Waals surface area contributed by atoms with Gasteiger partial charge in [0.25, 0.3) is 0 Å². The summed E-state index contributed by atoms with van der Waals surface area (Å²) in [6, 6.07) is 0.863. The molecule has 3 nitrogen and oxygen atoms in total. The third-order valence-corrected chi connectivity index (χ3v) is 2.34. The Hall–Kier alpha value is -0.570. The quantitative estimate of drug-likeness (QED) is 0.482. The van der Waals surface area contributed by atoms with Crippen LogP contribution in [0.5, 0.6) is 0 Å². The third-order valence-electron chi connectivity index (χ3n) is 2.34. The van der Waals surface area contributed by atoms with Crippen molar-refractivity contribution in [1.82, 2.24) is 10.6 Å². The Kier molecular flexibility index (Phi) is 1.38. The van der Waals surface area contributed by atoms with Crippen molar-refractivity contribution in [3.63, 3.8) is 0 Å². The Morgan fingerprint density at radius 3 is 3.10 bits per heavy atom. The number of carbonyl (C=O) groups excluding carboxylic acids is 1. The molecule has 0 radical (unpaired) electrons. The number of carbonyl (C=O) groups is 1. The summed E-state index contributed by atoms with van der Waals surface area (Å²) >= 11 is 0. The van der Waals surface area contributed by atoms with Crippen molar-refractivity contribution in [1.29, 1.82) is 0 Å². The lowest BCUT2D eigenvalue weighted by Crippen LogP contribution is -2.45. The molecule has 0 saturated carbocycles. The second-order valence-electron chi connectivity index (χ2n) is 3.08. The van der Waals surface area contributed by atoms with Gasteiger partial charge in [0.1, 0.15) is 0 Å². The highest BCUT2D eigenvalue weighted by Crippen LogP contribution is 2.16. The van der Waals surface area contributed by atoms with E-state index in [9.17, 15) is 4.79 Å². The van der Waals surface area contributed by atoms with Crippen LogP contribution in [0.2, 0.25) is 0 Å². The summed E-state index contributed by atoms with van der Waals surface area (Å²) < 4.78 is 0. The molecule has 10 heavy (non-hydrogen) atoms. The Bertz CT molecular complexity index is 142. The molecular formula is C7H12N2O. The molecule has 2 fully saturated rings. The molecule has 2 rings (SSSR count). The molecule has 2 N–H and O–H groups in total. The van der Waals surface area contributed by atoms with Gasteiger partial charge in [-0.05, 0) is 19.4 Å². The van der Waals surface area contributed by atoms with Gasteiger partial charge >= 0.3 is 0 Å². The Morgan fingerprint density at radius 1 is 1.40 bits per heavy atom. The maximum Gasteiger partial charge on any atom is 0.221 e. The van der Waals surface area contributed by atoms with Crippen molar-refractivity contribution in [2.45, 2.75) is 31.3 Å². The van der Waals surface area contributed by atoms with Crippen LogP contribution in [0.15, 0.2) is 0 Å². The number of amides is 1. The third kappa shape index (κ3) is 0.904. The first-order valence-corrected chi connectivity index (χ1v) is 3.89. The number of hydrogen-bond acceptors (Lipinski definition) is 2. The van der Waals surface area contributed by atoms with E-state index in [1.54, 1.807) is 0 Å². The maximum atomic E-state index is 10.9. The van der Waals surface area contributed by atoms with Crippen LogP contribution in [0, 0.1) is 0 Å². The van der Waals surface area contributed by atoms with Gasteiger partial charge < -0.3 is 10.6 Å². The van der Waals surface area contributed by atoms with Crippen LogP contribution in [0.1, 0.15) is 19.3 Å². The van der Waals surface area contributed by atoms with Crippen LogP contribution >= 0.6 is 0 Å². The van der Waals surface area contributed by atoms with Crippen LogP contribution in [-0.4, -0.2) is 24.5 Å². The standard InChI is InChI=1S/C7H12N2O/c10-7-4-6-5(9-7)2-1-3-8-6/h5-6,8H,1-4H2,(H,9,10)/t5-,6-/m1/s1. The zero-order chi connectivity index (χ0) is 6.97. The van der Waals surface area contributed by atoms with Gasteiger partial charge in [-0.1, -0.05) is 0 Å². The predicted molar refractivity (Wildman–Crippen MR) is 37.6 cm³/mol. The van der Waals surface area contributed by atoms with E-state index in [2.05, 4.69) is 10.6 Å². The van der Waals surface area contributed by atoms with E-state index in [1.807, 2.05) is 0 Å². The van der Waals surface area contributed by atoms with Crippen LogP contribution in [-0.2, 0) is 4.79 Å². The summed E-state index contributed by atoms with van der Waals surface area (Å²) in [6.07, 6.45) is 3.04. The zero-order valence-electron chi connectivity index (χ0n) is 5.89. The summed E-state index contributed by atoms with van der Waals surface area (Å²) in [6.45, 7) is 1.08. The van der Waals surface area contributed by atoms with E-state index in [0.717, 1.165) is 13.0 Å². The molecule has 2 saturated heterocycles. The van der Waals surface area contributed by atoms with E-state index in [1.165, 1.54) is 6.42 Å². The van der Waals surface area contributed by atoms with Crippen molar-refractivity contribution < 1.29 is 4.79 Å². The van der Waals surface area contributed by atoms with Crippen molar-refractivity contribution >= 4 is 5.91 Å². The van der Waals surface area contributed by atoms with Crippen molar-refractivity contribution in [2.24, 2.45) is 0 Å². The van der Waals surface area contributed by atoms with Gasteiger partial charge in [0.2, 0.25) is 5.91 Å². The smallest absolute Gasteiger partial charge is 0.221 e. The number of nitrogens with one attached hydrogen (secondary N) is 2. The van der Waals surface area contributed by atoms with Gasteiger partial charge in [0, 0.05) is 18.5 Å². The Balaban J connectivity index is 2.04. The molecule has 0 aromatic carbocycles. The number of piperidine rings is 1. The van der Waals surface area contributed by atoms with Crippen molar-refractivity contribution in [2.75, 3.05) is 6.54 Å². The lowest BCUT2D eigenvalue weighted by atomic mass is 10.0. The minimum atomic E-state index is 0.212. The fourth-order valence-electron chi connectivity index (χ4n) is 1.81. The van der Waals surface area contributed by atoms with Gasteiger partial charge in [0.15, 0.2) is 0 Å². The molecule has 0 spiro atoms. The molecule has 0 bridgehead atoms. The summed E-state index contributed by atoms with van der Waals surface area (Å²) in [5.41, 5.74) is 0. The summed E-state index contributed by atoms with van der Waals surface area (Å²) in [5.74, 6) is 0.212. The Labute approximate surface area is 60.2 Å².